The third-order valence-corrected chi connectivity index (χ3v) is 3.46. The third-order valence-electron chi connectivity index (χ3n) is 3.46. The van der Waals surface area contributed by atoms with Crippen LogP contribution < -0.4 is 0 Å². The fourth-order valence-electron chi connectivity index (χ4n) is 2.54. The molecule has 0 saturated heterocycles. The van der Waals surface area contributed by atoms with Gasteiger partial charge in [-0.25, -0.2) is 0 Å². The molecular formula is C13H28N2O. The highest BCUT2D eigenvalue weighted by Crippen LogP contribution is 2.30. The summed E-state index contributed by atoms with van der Waals surface area (Å²) in [4.78, 5) is 4.63. The molecule has 3 nitrogen and oxygen atoms in total. The van der Waals surface area contributed by atoms with Crippen LogP contribution in [0, 0.1) is 0 Å². The van der Waals surface area contributed by atoms with Crippen LogP contribution in [-0.2, 0) is 0 Å². The van der Waals surface area contributed by atoms with E-state index >= 15 is 0 Å². The van der Waals surface area contributed by atoms with Gasteiger partial charge in [0.25, 0.3) is 0 Å². The average molecular weight is 228 g/mol. The fraction of sp³-hybridized carbons (Fsp3) is 1.00. The van der Waals surface area contributed by atoms with Crippen molar-refractivity contribution < 1.29 is 5.11 Å². The van der Waals surface area contributed by atoms with Crippen molar-refractivity contribution in [3.8, 4) is 0 Å². The van der Waals surface area contributed by atoms with Gasteiger partial charge in [-0.3, -0.25) is 4.90 Å². The number of hydrogen-bond donors (Lipinski definition) is 1. The molecule has 16 heavy (non-hydrogen) atoms. The highest BCUT2D eigenvalue weighted by molar-refractivity contribution is 4.87. The second kappa shape index (κ2) is 6.58. The molecule has 0 bridgehead atoms. The monoisotopic (exact) mass is 228 g/mol. The smallest absolute Gasteiger partial charge is 0.0774 e. The molecule has 0 heterocycles. The zero-order valence-electron chi connectivity index (χ0n) is 11.2. The van der Waals surface area contributed by atoms with E-state index in [1.807, 2.05) is 0 Å². The van der Waals surface area contributed by atoms with Crippen LogP contribution in [0.1, 0.15) is 39.0 Å². The second-order valence-electron chi connectivity index (χ2n) is 5.51. The van der Waals surface area contributed by atoms with Gasteiger partial charge in [0.1, 0.15) is 0 Å². The Hall–Kier alpha value is -0.120. The van der Waals surface area contributed by atoms with E-state index in [2.05, 4.69) is 30.8 Å². The summed E-state index contributed by atoms with van der Waals surface area (Å²) in [6, 6.07) is 0. The summed E-state index contributed by atoms with van der Waals surface area (Å²) in [6.07, 6.45) is 5.56. The Kier molecular flexibility index (Phi) is 5.73. The van der Waals surface area contributed by atoms with Crippen molar-refractivity contribution in [2.24, 2.45) is 0 Å². The van der Waals surface area contributed by atoms with Gasteiger partial charge < -0.3 is 10.0 Å². The number of aliphatic hydroxyl groups is 1. The molecule has 0 atom stereocenters. The Balaban J connectivity index is 2.37. The van der Waals surface area contributed by atoms with Crippen LogP contribution in [0.5, 0.6) is 0 Å². The fourth-order valence-corrected chi connectivity index (χ4v) is 2.54. The van der Waals surface area contributed by atoms with E-state index in [0.29, 0.717) is 0 Å². The lowest BCUT2D eigenvalue weighted by Gasteiger charge is -2.31. The van der Waals surface area contributed by atoms with Crippen molar-refractivity contribution in [1.29, 1.82) is 0 Å². The minimum Gasteiger partial charge on any atom is -0.389 e. The average Bonchev–Trinajstić information content (AvgIpc) is 2.62. The van der Waals surface area contributed by atoms with Gasteiger partial charge in [0.15, 0.2) is 0 Å². The zero-order valence-corrected chi connectivity index (χ0v) is 11.2. The van der Waals surface area contributed by atoms with Crippen LogP contribution in [0.15, 0.2) is 0 Å². The van der Waals surface area contributed by atoms with Gasteiger partial charge in [0.2, 0.25) is 0 Å². The van der Waals surface area contributed by atoms with Crippen LogP contribution >= 0.6 is 0 Å². The first kappa shape index (κ1) is 13.9. The van der Waals surface area contributed by atoms with Crippen molar-refractivity contribution in [2.75, 3.05) is 40.3 Å². The maximum absolute atomic E-state index is 10.4. The topological polar surface area (TPSA) is 26.7 Å². The molecule has 3 heteroatoms. The molecule has 0 aromatic rings. The minimum absolute atomic E-state index is 0.387. The summed E-state index contributed by atoms with van der Waals surface area (Å²) in [6.45, 7) is 6.34. The van der Waals surface area contributed by atoms with E-state index < -0.39 is 0 Å². The molecule has 0 spiro atoms. The van der Waals surface area contributed by atoms with Crippen molar-refractivity contribution in [1.82, 2.24) is 9.80 Å². The number of rotatable bonds is 7. The highest BCUT2D eigenvalue weighted by Gasteiger charge is 2.32. The molecule has 1 aliphatic carbocycles. The van der Waals surface area contributed by atoms with E-state index in [1.165, 1.54) is 19.3 Å². The standard InChI is InChI=1S/C13H28N2O/c1-4-9-15(11-10-14(2)3)12-13(16)7-5-6-8-13/h16H,4-12H2,1-3H3. The van der Waals surface area contributed by atoms with E-state index in [-0.39, 0.29) is 5.60 Å². The van der Waals surface area contributed by atoms with Gasteiger partial charge in [-0.1, -0.05) is 19.8 Å². The zero-order chi connectivity index (χ0) is 12.0. The third kappa shape index (κ3) is 4.81. The van der Waals surface area contributed by atoms with Crippen LogP contribution in [0.25, 0.3) is 0 Å². The van der Waals surface area contributed by atoms with E-state index in [9.17, 15) is 5.11 Å². The molecule has 1 fully saturated rings. The van der Waals surface area contributed by atoms with Gasteiger partial charge in [-0.15, -0.1) is 0 Å². The van der Waals surface area contributed by atoms with Crippen LogP contribution in [0.4, 0.5) is 0 Å². The maximum Gasteiger partial charge on any atom is 0.0774 e. The van der Waals surface area contributed by atoms with Gasteiger partial charge in [0, 0.05) is 19.6 Å². The van der Waals surface area contributed by atoms with Gasteiger partial charge in [-0.05, 0) is 39.9 Å². The predicted molar refractivity (Wildman–Crippen MR) is 68.7 cm³/mol. The van der Waals surface area contributed by atoms with Crippen molar-refractivity contribution in [2.45, 2.75) is 44.6 Å². The lowest BCUT2D eigenvalue weighted by atomic mass is 10.0. The molecule has 1 saturated carbocycles. The molecule has 0 aliphatic heterocycles. The summed E-state index contributed by atoms with van der Waals surface area (Å²) in [5.41, 5.74) is -0.387. The van der Waals surface area contributed by atoms with Crippen molar-refractivity contribution in [3.05, 3.63) is 0 Å². The Labute approximate surface area is 100 Å². The van der Waals surface area contributed by atoms with Gasteiger partial charge >= 0.3 is 0 Å². The molecule has 1 aliphatic rings. The molecule has 0 unspecified atom stereocenters. The number of nitrogens with zero attached hydrogens (tertiary/aromatic N) is 2. The number of likely N-dealkylation sites (N-methyl/N-ethyl adjacent to an activating group) is 1. The Bertz CT molecular complexity index is 188. The molecule has 0 aromatic heterocycles. The quantitative estimate of drug-likeness (QED) is 0.716. The minimum atomic E-state index is -0.387. The molecule has 0 aromatic carbocycles. The van der Waals surface area contributed by atoms with Crippen LogP contribution in [-0.4, -0.2) is 60.8 Å². The largest absolute Gasteiger partial charge is 0.389 e. The van der Waals surface area contributed by atoms with Crippen LogP contribution in [0.2, 0.25) is 0 Å². The normalized spacial score (nSPS) is 19.9. The molecule has 1 N–H and O–H groups in total. The molecule has 0 radical (unpaired) electrons. The van der Waals surface area contributed by atoms with E-state index in [4.69, 9.17) is 0 Å². The van der Waals surface area contributed by atoms with Gasteiger partial charge in [-0.2, -0.15) is 0 Å². The Morgan fingerprint density at radius 2 is 1.69 bits per heavy atom. The predicted octanol–water partition coefficient (Wildman–Crippen LogP) is 1.57. The Morgan fingerprint density at radius 3 is 2.19 bits per heavy atom. The summed E-state index contributed by atoms with van der Waals surface area (Å²) in [5, 5.41) is 10.4. The first-order valence-electron chi connectivity index (χ1n) is 6.65. The van der Waals surface area contributed by atoms with Crippen molar-refractivity contribution in [3.63, 3.8) is 0 Å². The maximum atomic E-state index is 10.4. The first-order valence-corrected chi connectivity index (χ1v) is 6.65. The summed E-state index contributed by atoms with van der Waals surface area (Å²) >= 11 is 0. The van der Waals surface area contributed by atoms with Crippen molar-refractivity contribution >= 4 is 0 Å². The summed E-state index contributed by atoms with van der Waals surface area (Å²) in [5.74, 6) is 0. The van der Waals surface area contributed by atoms with Crippen LogP contribution in [0.3, 0.4) is 0 Å². The highest BCUT2D eigenvalue weighted by atomic mass is 16.3. The Morgan fingerprint density at radius 1 is 1.06 bits per heavy atom. The van der Waals surface area contributed by atoms with Gasteiger partial charge in [0.05, 0.1) is 5.60 Å². The van der Waals surface area contributed by atoms with E-state index in [1.54, 1.807) is 0 Å². The first-order chi connectivity index (χ1) is 7.56. The molecule has 96 valence electrons. The lowest BCUT2D eigenvalue weighted by molar-refractivity contribution is 0.00802. The number of hydrogen-bond acceptors (Lipinski definition) is 3. The molecule has 1 rings (SSSR count). The molecular weight excluding hydrogens is 200 g/mol. The van der Waals surface area contributed by atoms with E-state index in [0.717, 1.165) is 39.0 Å². The SMILES string of the molecule is CCCN(CCN(C)C)CC1(O)CCCC1. The molecule has 0 amide bonds. The lowest BCUT2D eigenvalue weighted by Crippen LogP contribution is -2.43. The second-order valence-corrected chi connectivity index (χ2v) is 5.51. The summed E-state index contributed by atoms with van der Waals surface area (Å²) < 4.78 is 0. The summed E-state index contributed by atoms with van der Waals surface area (Å²) in [7, 11) is 4.21.